The zero-order valence-electron chi connectivity index (χ0n) is 16.9. The maximum absolute atomic E-state index is 12.5. The Morgan fingerprint density at radius 1 is 1.00 bits per heavy atom. The van der Waals surface area contributed by atoms with Crippen LogP contribution in [0.1, 0.15) is 77.0 Å². The monoisotopic (exact) mass is 393 g/mol. The summed E-state index contributed by atoms with van der Waals surface area (Å²) in [6.45, 7) is 1.61. The summed E-state index contributed by atoms with van der Waals surface area (Å²) in [6.07, 6.45) is 11.4. The minimum Gasteiger partial charge on any atom is -0.481 e. The highest BCUT2D eigenvalue weighted by molar-refractivity contribution is 5.81. The third-order valence-electron chi connectivity index (χ3n) is 6.94. The second-order valence-corrected chi connectivity index (χ2v) is 8.87. The third-order valence-corrected chi connectivity index (χ3v) is 6.94. The first-order valence-electron chi connectivity index (χ1n) is 11.1. The molecule has 0 unspecified atom stereocenters. The molecule has 0 radical (unpaired) electrons. The van der Waals surface area contributed by atoms with E-state index < -0.39 is 11.4 Å². The summed E-state index contributed by atoms with van der Waals surface area (Å²) in [6, 6.07) is 0.242. The van der Waals surface area contributed by atoms with Crippen molar-refractivity contribution in [2.75, 3.05) is 19.6 Å². The van der Waals surface area contributed by atoms with E-state index in [4.69, 9.17) is 0 Å². The molecule has 7 nitrogen and oxygen atoms in total. The van der Waals surface area contributed by atoms with Gasteiger partial charge in [-0.3, -0.25) is 9.59 Å². The second-order valence-electron chi connectivity index (χ2n) is 8.87. The molecule has 0 aromatic rings. The van der Waals surface area contributed by atoms with Gasteiger partial charge in [0.25, 0.3) is 0 Å². The number of urea groups is 1. The van der Waals surface area contributed by atoms with Crippen LogP contribution in [0.15, 0.2) is 0 Å². The number of likely N-dealkylation sites (tertiary alicyclic amines) is 1. The van der Waals surface area contributed by atoms with E-state index in [9.17, 15) is 19.5 Å². The van der Waals surface area contributed by atoms with Gasteiger partial charge in [0, 0.05) is 32.1 Å². The van der Waals surface area contributed by atoms with Crippen LogP contribution in [0, 0.1) is 11.3 Å². The number of carboxylic acids is 1. The lowest BCUT2D eigenvalue weighted by molar-refractivity contribution is -0.149. The molecule has 0 spiro atoms. The van der Waals surface area contributed by atoms with Crippen molar-refractivity contribution in [3.05, 3.63) is 0 Å². The number of hydrogen-bond donors (Lipinski definition) is 3. The Bertz CT molecular complexity index is 576. The fourth-order valence-electron chi connectivity index (χ4n) is 5.25. The van der Waals surface area contributed by atoms with E-state index in [0.717, 1.165) is 44.9 Å². The number of fused-ring (bicyclic) bond motifs is 1. The van der Waals surface area contributed by atoms with Crippen LogP contribution in [0.3, 0.4) is 0 Å². The topological polar surface area (TPSA) is 98.7 Å². The van der Waals surface area contributed by atoms with Crippen LogP contribution in [0.25, 0.3) is 0 Å². The molecule has 3 N–H and O–H groups in total. The van der Waals surface area contributed by atoms with Crippen molar-refractivity contribution in [1.82, 2.24) is 15.5 Å². The summed E-state index contributed by atoms with van der Waals surface area (Å²) in [4.78, 5) is 37.8. The minimum atomic E-state index is -0.733. The summed E-state index contributed by atoms with van der Waals surface area (Å²) in [5.41, 5.74) is -0.689. The maximum atomic E-state index is 12.5. The molecule has 0 bridgehead atoms. The van der Waals surface area contributed by atoms with E-state index in [-0.39, 0.29) is 17.9 Å². The first kappa shape index (κ1) is 20.9. The number of carbonyl (C=O) groups excluding carboxylic acids is 2. The van der Waals surface area contributed by atoms with Gasteiger partial charge in [-0.2, -0.15) is 0 Å². The van der Waals surface area contributed by atoms with E-state index in [0.29, 0.717) is 38.5 Å². The van der Waals surface area contributed by atoms with Gasteiger partial charge in [-0.15, -0.1) is 0 Å². The fraction of sp³-hybridized carbons (Fsp3) is 0.857. The van der Waals surface area contributed by atoms with Crippen molar-refractivity contribution in [1.29, 1.82) is 0 Å². The minimum absolute atomic E-state index is 0.0782. The van der Waals surface area contributed by atoms with Gasteiger partial charge in [-0.25, -0.2) is 4.79 Å². The van der Waals surface area contributed by atoms with Crippen molar-refractivity contribution >= 4 is 17.9 Å². The summed E-state index contributed by atoms with van der Waals surface area (Å²) in [5, 5.41) is 15.6. The Morgan fingerprint density at radius 2 is 1.79 bits per heavy atom. The third kappa shape index (κ3) is 4.97. The van der Waals surface area contributed by atoms with Gasteiger partial charge in [0.1, 0.15) is 0 Å². The van der Waals surface area contributed by atoms with Gasteiger partial charge in [0.2, 0.25) is 5.91 Å². The molecule has 7 heteroatoms. The molecular formula is C21H35N3O4. The number of amides is 3. The summed E-state index contributed by atoms with van der Waals surface area (Å²) < 4.78 is 0. The average molecular weight is 394 g/mol. The number of unbranched alkanes of at least 4 members (excludes halogenated alkanes) is 2. The number of nitrogens with one attached hydrogen (secondary N) is 2. The van der Waals surface area contributed by atoms with Crippen LogP contribution in [-0.2, 0) is 9.59 Å². The van der Waals surface area contributed by atoms with E-state index >= 15 is 0 Å². The highest BCUT2D eigenvalue weighted by Crippen LogP contribution is 2.49. The van der Waals surface area contributed by atoms with E-state index in [1.54, 1.807) is 4.90 Å². The molecule has 1 saturated heterocycles. The second kappa shape index (κ2) is 9.61. The first-order chi connectivity index (χ1) is 13.5. The van der Waals surface area contributed by atoms with E-state index in [1.165, 1.54) is 19.3 Å². The lowest BCUT2D eigenvalue weighted by atomic mass is 9.81. The zero-order valence-corrected chi connectivity index (χ0v) is 16.9. The summed E-state index contributed by atoms with van der Waals surface area (Å²) in [7, 11) is 0. The molecule has 3 fully saturated rings. The van der Waals surface area contributed by atoms with Crippen LogP contribution in [0.4, 0.5) is 4.79 Å². The Morgan fingerprint density at radius 3 is 2.50 bits per heavy atom. The Hall–Kier alpha value is -1.79. The van der Waals surface area contributed by atoms with Gasteiger partial charge < -0.3 is 20.6 Å². The highest BCUT2D eigenvalue weighted by Gasteiger charge is 2.55. The first-order valence-corrected chi connectivity index (χ1v) is 11.1. The highest BCUT2D eigenvalue weighted by atomic mass is 16.4. The van der Waals surface area contributed by atoms with Crippen LogP contribution < -0.4 is 10.6 Å². The standard InChI is InChI=1S/C21H35N3O4/c25-18(24-14-16-8-7-12-21(16,15-24)19(26)27)11-5-2-6-13-22-20(28)23-17-9-3-1-4-10-17/h16-17H,1-15H2,(H,26,27)(H2,22,23,28)/t16-,21+/m0/s1. The van der Waals surface area contributed by atoms with Crippen LogP contribution in [-0.4, -0.2) is 53.6 Å². The molecule has 1 aliphatic heterocycles. The molecule has 158 valence electrons. The molecule has 1 heterocycles. The average Bonchev–Trinajstić information content (AvgIpc) is 3.24. The van der Waals surface area contributed by atoms with Crippen LogP contribution in [0.5, 0.6) is 0 Å². The maximum Gasteiger partial charge on any atom is 0.315 e. The van der Waals surface area contributed by atoms with E-state index in [2.05, 4.69) is 10.6 Å². The Balaban J connectivity index is 1.26. The molecule has 28 heavy (non-hydrogen) atoms. The Labute approximate surface area is 167 Å². The van der Waals surface area contributed by atoms with Gasteiger partial charge in [-0.05, 0) is 44.4 Å². The van der Waals surface area contributed by atoms with Crippen molar-refractivity contribution in [3.63, 3.8) is 0 Å². The van der Waals surface area contributed by atoms with Crippen LogP contribution in [0.2, 0.25) is 0 Å². The SMILES string of the molecule is O=C(NCCCCCC(=O)N1C[C@@H]2CCC[C@@]2(C(=O)O)C1)NC1CCCCC1. The zero-order chi connectivity index (χ0) is 20.0. The number of carboxylic acid groups (broad SMARTS) is 1. The fourth-order valence-corrected chi connectivity index (χ4v) is 5.25. The predicted octanol–water partition coefficient (Wildman–Crippen LogP) is 2.89. The van der Waals surface area contributed by atoms with Crippen molar-refractivity contribution in [2.45, 2.75) is 83.1 Å². The molecule has 3 rings (SSSR count). The number of rotatable bonds is 8. The largest absolute Gasteiger partial charge is 0.481 e. The van der Waals surface area contributed by atoms with Crippen LogP contribution >= 0.6 is 0 Å². The number of nitrogens with zero attached hydrogens (tertiary/aromatic N) is 1. The van der Waals surface area contributed by atoms with Crippen molar-refractivity contribution in [3.8, 4) is 0 Å². The number of hydrogen-bond acceptors (Lipinski definition) is 3. The van der Waals surface area contributed by atoms with Gasteiger partial charge in [0.05, 0.1) is 5.41 Å². The quantitative estimate of drug-likeness (QED) is 0.552. The van der Waals surface area contributed by atoms with Crippen molar-refractivity contribution < 1.29 is 19.5 Å². The molecule has 3 aliphatic rings. The molecule has 3 amide bonds. The lowest BCUT2D eigenvalue weighted by Crippen LogP contribution is -2.43. The van der Waals surface area contributed by atoms with Gasteiger partial charge in [0.15, 0.2) is 0 Å². The molecular weight excluding hydrogens is 358 g/mol. The predicted molar refractivity (Wildman–Crippen MR) is 106 cm³/mol. The Kier molecular flexibility index (Phi) is 7.18. The molecule has 2 aliphatic carbocycles. The number of aliphatic carboxylic acids is 1. The smallest absolute Gasteiger partial charge is 0.315 e. The molecule has 2 atom stereocenters. The molecule has 0 aromatic heterocycles. The molecule has 2 saturated carbocycles. The van der Waals surface area contributed by atoms with Gasteiger partial charge >= 0.3 is 12.0 Å². The number of carbonyl (C=O) groups is 3. The van der Waals surface area contributed by atoms with Gasteiger partial charge in [-0.1, -0.05) is 32.1 Å². The van der Waals surface area contributed by atoms with Crippen molar-refractivity contribution in [2.24, 2.45) is 11.3 Å². The summed E-state index contributed by atoms with van der Waals surface area (Å²) in [5.74, 6) is -0.526. The summed E-state index contributed by atoms with van der Waals surface area (Å²) >= 11 is 0. The van der Waals surface area contributed by atoms with E-state index in [1.807, 2.05) is 0 Å². The normalized spacial score (nSPS) is 27.4. The lowest BCUT2D eigenvalue weighted by Gasteiger charge is -2.23. The molecule has 0 aromatic carbocycles.